The summed E-state index contributed by atoms with van der Waals surface area (Å²) in [4.78, 5) is 2.16. The van der Waals surface area contributed by atoms with Gasteiger partial charge in [-0.25, -0.2) is 0 Å². The quantitative estimate of drug-likeness (QED) is 0.723. The fourth-order valence-electron chi connectivity index (χ4n) is 1.91. The summed E-state index contributed by atoms with van der Waals surface area (Å²) >= 11 is 0. The van der Waals surface area contributed by atoms with Gasteiger partial charge < -0.3 is 15.0 Å². The number of ether oxygens (including phenoxy) is 1. The Balaban J connectivity index is 2.34. The van der Waals surface area contributed by atoms with Crippen molar-refractivity contribution in [1.82, 2.24) is 10.2 Å². The number of nitrogens with one attached hydrogen (secondary N) is 1. The van der Waals surface area contributed by atoms with Gasteiger partial charge in [0, 0.05) is 19.7 Å². The van der Waals surface area contributed by atoms with Crippen molar-refractivity contribution in [3.8, 4) is 6.07 Å². The van der Waals surface area contributed by atoms with E-state index in [-0.39, 0.29) is 0 Å². The highest BCUT2D eigenvalue weighted by Gasteiger charge is 2.25. The van der Waals surface area contributed by atoms with Gasteiger partial charge in [-0.1, -0.05) is 0 Å². The summed E-state index contributed by atoms with van der Waals surface area (Å²) in [5.74, 6) is 0. The summed E-state index contributed by atoms with van der Waals surface area (Å²) in [5.41, 5.74) is -0.465. The summed E-state index contributed by atoms with van der Waals surface area (Å²) in [5, 5.41) is 12.1. The van der Waals surface area contributed by atoms with Crippen LogP contribution in [-0.4, -0.2) is 50.3 Å². The lowest BCUT2D eigenvalue weighted by Crippen LogP contribution is -2.49. The van der Waals surface area contributed by atoms with Crippen LogP contribution in [-0.2, 0) is 4.74 Å². The highest BCUT2D eigenvalue weighted by molar-refractivity contribution is 5.04. The molecule has 1 heterocycles. The van der Waals surface area contributed by atoms with Crippen molar-refractivity contribution in [2.24, 2.45) is 0 Å². The van der Waals surface area contributed by atoms with Gasteiger partial charge in [0.05, 0.1) is 12.2 Å². The second-order valence-corrected chi connectivity index (χ2v) is 4.53. The molecule has 0 spiro atoms. The third-order valence-electron chi connectivity index (χ3n) is 2.92. The molecule has 86 valence electrons. The van der Waals surface area contributed by atoms with Crippen molar-refractivity contribution in [2.45, 2.75) is 31.4 Å². The van der Waals surface area contributed by atoms with E-state index >= 15 is 0 Å². The molecule has 0 radical (unpaired) electrons. The van der Waals surface area contributed by atoms with E-state index < -0.39 is 5.54 Å². The number of hydrogen-bond acceptors (Lipinski definition) is 4. The molecular weight excluding hydrogens is 190 g/mol. The van der Waals surface area contributed by atoms with E-state index in [9.17, 15) is 0 Å². The molecule has 0 aromatic rings. The molecule has 0 aromatic carbocycles. The molecule has 0 bridgehead atoms. The fourth-order valence-corrected chi connectivity index (χ4v) is 1.91. The Labute approximate surface area is 92.2 Å². The number of nitrogens with zero attached hydrogens (tertiary/aromatic N) is 2. The van der Waals surface area contributed by atoms with Crippen LogP contribution in [0.15, 0.2) is 0 Å². The van der Waals surface area contributed by atoms with Gasteiger partial charge in [0.1, 0.15) is 5.54 Å². The van der Waals surface area contributed by atoms with E-state index in [1.165, 1.54) is 6.42 Å². The van der Waals surface area contributed by atoms with Crippen molar-refractivity contribution in [3.05, 3.63) is 0 Å². The maximum absolute atomic E-state index is 9.02. The van der Waals surface area contributed by atoms with Gasteiger partial charge in [0.2, 0.25) is 0 Å². The highest BCUT2D eigenvalue weighted by Crippen LogP contribution is 2.13. The predicted molar refractivity (Wildman–Crippen MR) is 59.5 cm³/mol. The molecule has 15 heavy (non-hydrogen) atoms. The first-order valence-electron chi connectivity index (χ1n) is 5.50. The molecule has 1 aliphatic rings. The van der Waals surface area contributed by atoms with Crippen molar-refractivity contribution >= 4 is 0 Å². The van der Waals surface area contributed by atoms with Crippen LogP contribution in [0.1, 0.15) is 19.8 Å². The van der Waals surface area contributed by atoms with Gasteiger partial charge in [-0.05, 0) is 33.9 Å². The van der Waals surface area contributed by atoms with Crippen molar-refractivity contribution in [3.63, 3.8) is 0 Å². The van der Waals surface area contributed by atoms with Crippen LogP contribution in [0, 0.1) is 11.3 Å². The lowest BCUT2D eigenvalue weighted by Gasteiger charge is -2.28. The first-order chi connectivity index (χ1) is 7.09. The van der Waals surface area contributed by atoms with Crippen LogP contribution in [0.5, 0.6) is 0 Å². The molecule has 1 N–H and O–H groups in total. The van der Waals surface area contributed by atoms with Gasteiger partial charge in [-0.15, -0.1) is 0 Å². The summed E-state index contributed by atoms with van der Waals surface area (Å²) < 4.78 is 5.56. The molecule has 0 aromatic heterocycles. The Kier molecular flexibility index (Phi) is 4.52. The Hall–Kier alpha value is -0.630. The maximum Gasteiger partial charge on any atom is 0.116 e. The number of likely N-dealkylation sites (N-methyl/N-ethyl adjacent to an activating group) is 2. The molecule has 1 aliphatic heterocycles. The van der Waals surface area contributed by atoms with Gasteiger partial charge in [0.25, 0.3) is 0 Å². The van der Waals surface area contributed by atoms with Gasteiger partial charge in [-0.2, -0.15) is 5.26 Å². The zero-order valence-corrected chi connectivity index (χ0v) is 9.92. The SMILES string of the molecule is CNC(C)(C#N)CN(C)CC1CCCO1. The Morgan fingerprint density at radius 3 is 2.87 bits per heavy atom. The number of rotatable bonds is 5. The normalized spacial score (nSPS) is 25.1. The topological polar surface area (TPSA) is 48.3 Å². The Morgan fingerprint density at radius 2 is 2.40 bits per heavy atom. The predicted octanol–water partition coefficient (Wildman–Crippen LogP) is 0.599. The van der Waals surface area contributed by atoms with E-state index in [0.717, 1.165) is 26.1 Å². The molecule has 1 rings (SSSR count). The van der Waals surface area contributed by atoms with Gasteiger partial charge in [-0.3, -0.25) is 0 Å². The standard InChI is InChI=1S/C11H21N3O/c1-11(8-12,13-2)9-14(3)7-10-5-4-6-15-10/h10,13H,4-7,9H2,1-3H3. The summed E-state index contributed by atoms with van der Waals surface area (Å²) in [6.07, 6.45) is 2.67. The number of nitriles is 1. The molecule has 0 amide bonds. The van der Waals surface area contributed by atoms with Crippen molar-refractivity contribution in [2.75, 3.05) is 33.8 Å². The van der Waals surface area contributed by atoms with Gasteiger partial charge in [0.15, 0.2) is 0 Å². The Bertz CT molecular complexity index is 232. The van der Waals surface area contributed by atoms with E-state index in [0.29, 0.717) is 6.10 Å². The Morgan fingerprint density at radius 1 is 1.67 bits per heavy atom. The molecule has 2 unspecified atom stereocenters. The van der Waals surface area contributed by atoms with E-state index in [4.69, 9.17) is 10.00 Å². The van der Waals surface area contributed by atoms with Crippen LogP contribution in [0.25, 0.3) is 0 Å². The minimum Gasteiger partial charge on any atom is -0.377 e. The van der Waals surface area contributed by atoms with Crippen LogP contribution < -0.4 is 5.32 Å². The molecule has 1 saturated heterocycles. The van der Waals surface area contributed by atoms with Crippen LogP contribution in [0.2, 0.25) is 0 Å². The van der Waals surface area contributed by atoms with E-state index in [1.54, 1.807) is 0 Å². The van der Waals surface area contributed by atoms with E-state index in [2.05, 4.69) is 16.3 Å². The zero-order valence-electron chi connectivity index (χ0n) is 9.92. The number of hydrogen-bond donors (Lipinski definition) is 1. The third-order valence-corrected chi connectivity index (χ3v) is 2.92. The molecular formula is C11H21N3O. The van der Waals surface area contributed by atoms with Crippen LogP contribution >= 0.6 is 0 Å². The lowest BCUT2D eigenvalue weighted by molar-refractivity contribution is 0.0765. The molecule has 0 saturated carbocycles. The van der Waals surface area contributed by atoms with Crippen LogP contribution in [0.4, 0.5) is 0 Å². The summed E-state index contributed by atoms with van der Waals surface area (Å²) in [6.45, 7) is 4.44. The second kappa shape index (κ2) is 5.45. The first-order valence-corrected chi connectivity index (χ1v) is 5.50. The van der Waals surface area contributed by atoms with Crippen molar-refractivity contribution in [1.29, 1.82) is 5.26 Å². The molecule has 4 heteroatoms. The minimum atomic E-state index is -0.465. The lowest BCUT2D eigenvalue weighted by atomic mass is 10.0. The van der Waals surface area contributed by atoms with Gasteiger partial charge >= 0.3 is 0 Å². The largest absolute Gasteiger partial charge is 0.377 e. The minimum absolute atomic E-state index is 0.356. The van der Waals surface area contributed by atoms with E-state index in [1.807, 2.05) is 21.0 Å². The monoisotopic (exact) mass is 211 g/mol. The van der Waals surface area contributed by atoms with Crippen molar-refractivity contribution < 1.29 is 4.74 Å². The second-order valence-electron chi connectivity index (χ2n) is 4.53. The molecule has 4 nitrogen and oxygen atoms in total. The first kappa shape index (κ1) is 12.4. The average molecular weight is 211 g/mol. The zero-order chi connectivity index (χ0) is 11.3. The van der Waals surface area contributed by atoms with Crippen LogP contribution in [0.3, 0.4) is 0 Å². The maximum atomic E-state index is 9.02. The summed E-state index contributed by atoms with van der Waals surface area (Å²) in [7, 11) is 3.86. The molecule has 0 aliphatic carbocycles. The molecule has 2 atom stereocenters. The molecule has 1 fully saturated rings. The fraction of sp³-hybridized carbons (Fsp3) is 0.909. The smallest absolute Gasteiger partial charge is 0.116 e. The average Bonchev–Trinajstić information content (AvgIpc) is 2.70. The highest BCUT2D eigenvalue weighted by atomic mass is 16.5. The summed E-state index contributed by atoms with van der Waals surface area (Å²) in [6, 6.07) is 2.29. The third kappa shape index (κ3) is 3.78.